The number of benzene rings is 1. The molecule has 3 rings (SSSR count). The highest BCUT2D eigenvalue weighted by molar-refractivity contribution is 8.00. The van der Waals surface area contributed by atoms with Crippen molar-refractivity contribution in [3.05, 3.63) is 54.0 Å². The molecule has 8 heteroatoms. The average molecular weight is 388 g/mol. The van der Waals surface area contributed by atoms with E-state index in [0.29, 0.717) is 23.3 Å². The lowest BCUT2D eigenvalue weighted by atomic mass is 10.1. The zero-order valence-electron chi connectivity index (χ0n) is 15.3. The molecule has 0 saturated carbocycles. The summed E-state index contributed by atoms with van der Waals surface area (Å²) >= 11 is 1.34. The zero-order valence-corrected chi connectivity index (χ0v) is 16.2. The molecule has 1 amide bonds. The fourth-order valence-electron chi connectivity index (χ4n) is 2.63. The van der Waals surface area contributed by atoms with Crippen molar-refractivity contribution in [1.82, 2.24) is 20.1 Å². The van der Waals surface area contributed by atoms with Gasteiger partial charge >= 0.3 is 0 Å². The molecule has 0 unspecified atom stereocenters. The number of furan rings is 1. The van der Waals surface area contributed by atoms with Crippen molar-refractivity contribution in [2.75, 3.05) is 0 Å². The van der Waals surface area contributed by atoms with Gasteiger partial charge in [-0.1, -0.05) is 23.9 Å². The van der Waals surface area contributed by atoms with Crippen LogP contribution in [-0.4, -0.2) is 25.9 Å². The lowest BCUT2D eigenvalue weighted by Gasteiger charge is -2.17. The van der Waals surface area contributed by atoms with Gasteiger partial charge in [0.1, 0.15) is 5.82 Å². The van der Waals surface area contributed by atoms with Crippen molar-refractivity contribution in [2.45, 2.75) is 43.8 Å². The molecule has 1 aromatic carbocycles. The number of carbonyl (C=O) groups is 1. The summed E-state index contributed by atoms with van der Waals surface area (Å²) in [6, 6.07) is 9.51. The van der Waals surface area contributed by atoms with E-state index in [1.54, 1.807) is 24.5 Å². The number of nitrogens with one attached hydrogen (secondary N) is 1. The molecule has 0 saturated heterocycles. The number of hydrogen-bond acceptors (Lipinski definition) is 5. The molecule has 0 bridgehead atoms. The number of nitrogens with zero attached hydrogens (tertiary/aromatic N) is 3. The first-order valence-electron chi connectivity index (χ1n) is 8.69. The van der Waals surface area contributed by atoms with Crippen LogP contribution in [0.1, 0.15) is 32.4 Å². The number of hydrogen-bond donors (Lipinski definition) is 1. The quantitative estimate of drug-likeness (QED) is 0.618. The summed E-state index contributed by atoms with van der Waals surface area (Å²) in [6.07, 6.45) is 1.59. The van der Waals surface area contributed by atoms with E-state index in [2.05, 4.69) is 15.5 Å². The highest BCUT2D eigenvalue weighted by Crippen LogP contribution is 2.27. The van der Waals surface area contributed by atoms with E-state index in [4.69, 9.17) is 4.42 Å². The third kappa shape index (κ3) is 4.39. The van der Waals surface area contributed by atoms with Crippen molar-refractivity contribution >= 4 is 17.7 Å². The van der Waals surface area contributed by atoms with Crippen LogP contribution in [0.2, 0.25) is 0 Å². The molecule has 2 aromatic heterocycles. The summed E-state index contributed by atoms with van der Waals surface area (Å²) < 4.78 is 20.4. The van der Waals surface area contributed by atoms with E-state index in [1.807, 2.05) is 31.4 Å². The number of thioether (sulfide) groups is 1. The Bertz CT molecular complexity index is 893. The largest absolute Gasteiger partial charge is 0.461 e. The second-order valence-electron chi connectivity index (χ2n) is 6.07. The minimum atomic E-state index is -0.369. The van der Waals surface area contributed by atoms with Crippen LogP contribution in [0.4, 0.5) is 4.39 Å². The van der Waals surface area contributed by atoms with Gasteiger partial charge in [-0.15, -0.1) is 10.2 Å². The highest BCUT2D eigenvalue weighted by atomic mass is 32.2. The number of halogens is 1. The molecule has 3 aromatic rings. The molecule has 0 aliphatic heterocycles. The van der Waals surface area contributed by atoms with Gasteiger partial charge in [0.2, 0.25) is 5.91 Å². The molecular formula is C19H21FN4O2S. The predicted molar refractivity (Wildman–Crippen MR) is 102 cm³/mol. The third-order valence-corrected chi connectivity index (χ3v) is 5.24. The Morgan fingerprint density at radius 1 is 1.26 bits per heavy atom. The van der Waals surface area contributed by atoms with Crippen molar-refractivity contribution in [1.29, 1.82) is 0 Å². The summed E-state index contributed by atoms with van der Waals surface area (Å²) in [5.74, 6) is 0.852. The monoisotopic (exact) mass is 388 g/mol. The Hall–Kier alpha value is -2.61. The minimum absolute atomic E-state index is 0.123. The lowest BCUT2D eigenvalue weighted by Crippen LogP contribution is -2.33. The molecule has 0 spiro atoms. The molecule has 0 radical (unpaired) electrons. The number of amides is 1. The van der Waals surface area contributed by atoms with E-state index in [0.717, 1.165) is 5.56 Å². The van der Waals surface area contributed by atoms with E-state index in [1.165, 1.54) is 23.9 Å². The average Bonchev–Trinajstić information content (AvgIpc) is 3.31. The molecule has 1 N–H and O–H groups in total. The highest BCUT2D eigenvalue weighted by Gasteiger charge is 2.22. The normalized spacial score (nSPS) is 13.3. The summed E-state index contributed by atoms with van der Waals surface area (Å²) in [6.45, 7) is 6.33. The number of aromatic nitrogens is 3. The SMILES string of the molecule is CCn1c(S[C@@H](C)C(=O)N[C@H](C)c2ccc(F)cc2)nnc1-c1ccco1. The molecule has 0 fully saturated rings. The van der Waals surface area contributed by atoms with Gasteiger partial charge in [-0.25, -0.2) is 4.39 Å². The van der Waals surface area contributed by atoms with Crippen LogP contribution >= 0.6 is 11.8 Å². The molecular weight excluding hydrogens is 367 g/mol. The Labute approximate surface area is 161 Å². The summed E-state index contributed by atoms with van der Waals surface area (Å²) in [5, 5.41) is 11.6. The van der Waals surface area contributed by atoms with Crippen LogP contribution < -0.4 is 5.32 Å². The second kappa shape index (κ2) is 8.39. The second-order valence-corrected chi connectivity index (χ2v) is 7.38. The number of rotatable bonds is 7. The van der Waals surface area contributed by atoms with E-state index < -0.39 is 0 Å². The van der Waals surface area contributed by atoms with Crippen LogP contribution in [0.25, 0.3) is 11.6 Å². The summed E-state index contributed by atoms with van der Waals surface area (Å²) in [5.41, 5.74) is 0.846. The van der Waals surface area contributed by atoms with Gasteiger partial charge in [0.05, 0.1) is 17.6 Å². The minimum Gasteiger partial charge on any atom is -0.461 e. The van der Waals surface area contributed by atoms with Gasteiger partial charge in [0, 0.05) is 6.54 Å². The van der Waals surface area contributed by atoms with Crippen molar-refractivity contribution < 1.29 is 13.6 Å². The Kier molecular flexibility index (Phi) is 5.95. The number of carbonyl (C=O) groups excluding carboxylic acids is 1. The van der Waals surface area contributed by atoms with Crippen LogP contribution in [0.15, 0.2) is 52.2 Å². The fraction of sp³-hybridized carbons (Fsp3) is 0.316. The smallest absolute Gasteiger partial charge is 0.233 e. The van der Waals surface area contributed by atoms with Crippen LogP contribution in [0.3, 0.4) is 0 Å². The van der Waals surface area contributed by atoms with Gasteiger partial charge in [0.25, 0.3) is 0 Å². The Morgan fingerprint density at radius 3 is 2.63 bits per heavy atom. The molecule has 2 atom stereocenters. The molecule has 6 nitrogen and oxygen atoms in total. The Morgan fingerprint density at radius 2 is 2.00 bits per heavy atom. The third-order valence-electron chi connectivity index (χ3n) is 4.15. The predicted octanol–water partition coefficient (Wildman–Crippen LogP) is 4.06. The van der Waals surface area contributed by atoms with Crippen molar-refractivity contribution in [2.24, 2.45) is 0 Å². The maximum absolute atomic E-state index is 13.0. The van der Waals surface area contributed by atoms with Crippen molar-refractivity contribution in [3.8, 4) is 11.6 Å². The van der Waals surface area contributed by atoms with E-state index >= 15 is 0 Å². The first-order valence-corrected chi connectivity index (χ1v) is 9.57. The van der Waals surface area contributed by atoms with Gasteiger partial charge in [-0.3, -0.25) is 9.36 Å². The fourth-order valence-corrected chi connectivity index (χ4v) is 3.55. The standard InChI is InChI=1S/C19H21FN4O2S/c1-4-24-17(16-6-5-11-26-16)22-23-19(24)27-13(3)18(25)21-12(2)14-7-9-15(20)10-8-14/h5-13H,4H2,1-3H3,(H,21,25)/t12-,13+/m1/s1. The first-order chi connectivity index (χ1) is 13.0. The zero-order chi connectivity index (χ0) is 19.4. The van der Waals surface area contributed by atoms with Gasteiger partial charge in [-0.2, -0.15) is 0 Å². The van der Waals surface area contributed by atoms with Crippen molar-refractivity contribution in [3.63, 3.8) is 0 Å². The maximum atomic E-state index is 13.0. The van der Waals surface area contributed by atoms with Gasteiger partial charge in [-0.05, 0) is 50.6 Å². The summed E-state index contributed by atoms with van der Waals surface area (Å²) in [4.78, 5) is 12.6. The topological polar surface area (TPSA) is 73.0 Å². The van der Waals surface area contributed by atoms with E-state index in [-0.39, 0.29) is 23.0 Å². The van der Waals surface area contributed by atoms with Crippen LogP contribution in [0, 0.1) is 5.82 Å². The molecule has 0 aliphatic rings. The van der Waals surface area contributed by atoms with Gasteiger partial charge < -0.3 is 9.73 Å². The maximum Gasteiger partial charge on any atom is 0.233 e. The molecule has 142 valence electrons. The molecule has 0 aliphatic carbocycles. The Balaban J connectivity index is 1.67. The molecule has 27 heavy (non-hydrogen) atoms. The molecule has 2 heterocycles. The lowest BCUT2D eigenvalue weighted by molar-refractivity contribution is -0.120. The van der Waals surface area contributed by atoms with E-state index in [9.17, 15) is 9.18 Å². The van der Waals surface area contributed by atoms with Crippen LogP contribution in [0.5, 0.6) is 0 Å². The van der Waals surface area contributed by atoms with Crippen LogP contribution in [-0.2, 0) is 11.3 Å². The summed E-state index contributed by atoms with van der Waals surface area (Å²) in [7, 11) is 0. The van der Waals surface area contributed by atoms with Gasteiger partial charge in [0.15, 0.2) is 16.7 Å². The first kappa shape index (κ1) is 19.2.